The maximum atomic E-state index is 8.60. The second-order valence-electron chi connectivity index (χ2n) is 3.37. The van der Waals surface area contributed by atoms with Crippen LogP contribution in [0.2, 0.25) is 0 Å². The Morgan fingerprint density at radius 1 is 1.47 bits per heavy atom. The van der Waals surface area contributed by atoms with Gasteiger partial charge in [0, 0.05) is 18.8 Å². The predicted octanol–water partition coefficient (Wildman–Crippen LogP) is 1.95. The monoisotopic (exact) mass is 196 g/mol. The molecule has 0 N–H and O–H groups in total. The summed E-state index contributed by atoms with van der Waals surface area (Å²) in [5.74, 6) is 0. The Kier molecular flexibility index (Phi) is 2.51. The molecule has 1 radical (unpaired) electrons. The van der Waals surface area contributed by atoms with Crippen molar-refractivity contribution in [2.24, 2.45) is 7.05 Å². The zero-order valence-electron chi connectivity index (χ0n) is 8.44. The SMILES string of the molecule is Cn1cc(-c2c[c]cc(CC#N)c2)cn1. The first-order chi connectivity index (χ1) is 7.29. The number of benzene rings is 1. The molecule has 0 aliphatic rings. The number of aryl methyl sites for hydroxylation is 1. The minimum Gasteiger partial charge on any atom is -0.275 e. The van der Waals surface area contributed by atoms with Crippen molar-refractivity contribution in [1.82, 2.24) is 9.78 Å². The van der Waals surface area contributed by atoms with E-state index in [2.05, 4.69) is 17.2 Å². The first kappa shape index (κ1) is 9.47. The summed E-state index contributed by atoms with van der Waals surface area (Å²) < 4.78 is 1.76. The van der Waals surface area contributed by atoms with Crippen LogP contribution < -0.4 is 0 Å². The number of nitriles is 1. The average molecular weight is 196 g/mol. The minimum absolute atomic E-state index is 0.421. The molecular formula is C12H10N3. The molecule has 1 aromatic carbocycles. The molecule has 1 heterocycles. The number of aromatic nitrogens is 2. The van der Waals surface area contributed by atoms with Crippen LogP contribution in [0.3, 0.4) is 0 Å². The van der Waals surface area contributed by atoms with Crippen molar-refractivity contribution in [2.45, 2.75) is 6.42 Å². The molecule has 0 unspecified atom stereocenters. The molecule has 0 saturated carbocycles. The Bertz CT molecular complexity index is 506. The fraction of sp³-hybridized carbons (Fsp3) is 0.167. The summed E-state index contributed by atoms with van der Waals surface area (Å²) in [7, 11) is 1.88. The maximum Gasteiger partial charge on any atom is 0.0669 e. The van der Waals surface area contributed by atoms with E-state index in [-0.39, 0.29) is 0 Å². The first-order valence-electron chi connectivity index (χ1n) is 4.65. The Hall–Kier alpha value is -2.08. The van der Waals surface area contributed by atoms with E-state index in [9.17, 15) is 0 Å². The van der Waals surface area contributed by atoms with Gasteiger partial charge in [-0.3, -0.25) is 4.68 Å². The highest BCUT2D eigenvalue weighted by atomic mass is 15.2. The molecule has 0 spiro atoms. The van der Waals surface area contributed by atoms with Gasteiger partial charge in [0.25, 0.3) is 0 Å². The smallest absolute Gasteiger partial charge is 0.0669 e. The molecule has 0 amide bonds. The zero-order chi connectivity index (χ0) is 10.7. The van der Waals surface area contributed by atoms with Crippen LogP contribution >= 0.6 is 0 Å². The van der Waals surface area contributed by atoms with Crippen molar-refractivity contribution in [3.8, 4) is 17.2 Å². The van der Waals surface area contributed by atoms with Gasteiger partial charge in [-0.2, -0.15) is 10.4 Å². The molecule has 0 atom stereocenters. The number of hydrogen-bond acceptors (Lipinski definition) is 2. The van der Waals surface area contributed by atoms with Gasteiger partial charge in [0.15, 0.2) is 0 Å². The fourth-order valence-electron chi connectivity index (χ4n) is 1.45. The van der Waals surface area contributed by atoms with E-state index < -0.39 is 0 Å². The van der Waals surface area contributed by atoms with Crippen molar-refractivity contribution in [3.05, 3.63) is 42.2 Å². The van der Waals surface area contributed by atoms with Crippen LogP contribution in [-0.2, 0) is 13.5 Å². The Morgan fingerprint density at radius 3 is 3.00 bits per heavy atom. The van der Waals surface area contributed by atoms with Crippen LogP contribution in [0.15, 0.2) is 30.6 Å². The van der Waals surface area contributed by atoms with Gasteiger partial charge < -0.3 is 0 Å². The Labute approximate surface area is 88.6 Å². The van der Waals surface area contributed by atoms with Crippen LogP contribution in [0, 0.1) is 17.4 Å². The molecule has 0 saturated heterocycles. The summed E-state index contributed by atoms with van der Waals surface area (Å²) in [4.78, 5) is 0. The second-order valence-corrected chi connectivity index (χ2v) is 3.37. The lowest BCUT2D eigenvalue weighted by Crippen LogP contribution is -1.84. The molecule has 1 aromatic heterocycles. The van der Waals surface area contributed by atoms with Crippen molar-refractivity contribution in [2.75, 3.05) is 0 Å². The van der Waals surface area contributed by atoms with Crippen molar-refractivity contribution < 1.29 is 0 Å². The standard InChI is InChI=1S/C12H10N3/c1-15-9-12(8-14-15)11-4-2-3-10(7-11)5-6-13/h3-4,7-9H,5H2,1H3. The summed E-state index contributed by atoms with van der Waals surface area (Å²) in [6, 6.07) is 10.9. The van der Waals surface area contributed by atoms with E-state index in [1.165, 1.54) is 0 Å². The molecule has 3 nitrogen and oxygen atoms in total. The van der Waals surface area contributed by atoms with Gasteiger partial charge in [0.2, 0.25) is 0 Å². The van der Waals surface area contributed by atoms with E-state index >= 15 is 0 Å². The highest BCUT2D eigenvalue weighted by molar-refractivity contribution is 5.62. The maximum absolute atomic E-state index is 8.60. The van der Waals surface area contributed by atoms with Gasteiger partial charge in [-0.1, -0.05) is 6.07 Å². The summed E-state index contributed by atoms with van der Waals surface area (Å²) in [5, 5.41) is 12.7. The molecule has 3 heteroatoms. The first-order valence-corrected chi connectivity index (χ1v) is 4.65. The van der Waals surface area contributed by atoms with E-state index in [1.807, 2.05) is 31.4 Å². The van der Waals surface area contributed by atoms with E-state index in [4.69, 9.17) is 5.26 Å². The number of rotatable bonds is 2. The lowest BCUT2D eigenvalue weighted by molar-refractivity contribution is 0.768. The van der Waals surface area contributed by atoms with Crippen LogP contribution in [-0.4, -0.2) is 9.78 Å². The van der Waals surface area contributed by atoms with Gasteiger partial charge in [-0.15, -0.1) is 0 Å². The van der Waals surface area contributed by atoms with Crippen LogP contribution in [0.5, 0.6) is 0 Å². The van der Waals surface area contributed by atoms with E-state index in [1.54, 1.807) is 10.9 Å². The quantitative estimate of drug-likeness (QED) is 0.736. The molecule has 2 aromatic rings. The van der Waals surface area contributed by atoms with Crippen LogP contribution in [0.4, 0.5) is 0 Å². The van der Waals surface area contributed by atoms with E-state index in [0.29, 0.717) is 6.42 Å². The van der Waals surface area contributed by atoms with Crippen molar-refractivity contribution >= 4 is 0 Å². The largest absolute Gasteiger partial charge is 0.275 e. The highest BCUT2D eigenvalue weighted by Crippen LogP contribution is 2.19. The Balaban J connectivity index is 2.37. The number of hydrogen-bond donors (Lipinski definition) is 0. The molecule has 0 fully saturated rings. The van der Waals surface area contributed by atoms with Crippen molar-refractivity contribution in [3.63, 3.8) is 0 Å². The van der Waals surface area contributed by atoms with Gasteiger partial charge in [-0.05, 0) is 29.3 Å². The summed E-state index contributed by atoms with van der Waals surface area (Å²) in [6.07, 6.45) is 4.17. The third-order valence-corrected chi connectivity index (χ3v) is 2.17. The van der Waals surface area contributed by atoms with Gasteiger partial charge >= 0.3 is 0 Å². The van der Waals surface area contributed by atoms with Gasteiger partial charge in [-0.25, -0.2) is 0 Å². The Morgan fingerprint density at radius 2 is 2.33 bits per heavy atom. The highest BCUT2D eigenvalue weighted by Gasteiger charge is 2.01. The third kappa shape index (κ3) is 2.05. The lowest BCUT2D eigenvalue weighted by atomic mass is 10.1. The van der Waals surface area contributed by atoms with Crippen molar-refractivity contribution in [1.29, 1.82) is 5.26 Å². The van der Waals surface area contributed by atoms with Crippen LogP contribution in [0.1, 0.15) is 5.56 Å². The molecular weight excluding hydrogens is 186 g/mol. The van der Waals surface area contributed by atoms with Gasteiger partial charge in [0.1, 0.15) is 0 Å². The molecule has 0 bridgehead atoms. The average Bonchev–Trinajstić information content (AvgIpc) is 2.66. The van der Waals surface area contributed by atoms with Crippen LogP contribution in [0.25, 0.3) is 11.1 Å². The second kappa shape index (κ2) is 3.97. The topological polar surface area (TPSA) is 41.6 Å². The number of nitrogens with zero attached hydrogens (tertiary/aromatic N) is 3. The summed E-state index contributed by atoms with van der Waals surface area (Å²) in [6.45, 7) is 0. The normalized spacial score (nSPS) is 9.87. The molecule has 2 rings (SSSR count). The third-order valence-electron chi connectivity index (χ3n) is 2.17. The summed E-state index contributed by atoms with van der Waals surface area (Å²) in [5.41, 5.74) is 3.09. The summed E-state index contributed by atoms with van der Waals surface area (Å²) >= 11 is 0. The molecule has 0 aliphatic carbocycles. The fourth-order valence-corrected chi connectivity index (χ4v) is 1.45. The molecule has 15 heavy (non-hydrogen) atoms. The predicted molar refractivity (Wildman–Crippen MR) is 56.8 cm³/mol. The molecule has 73 valence electrons. The lowest BCUT2D eigenvalue weighted by Gasteiger charge is -1.98. The van der Waals surface area contributed by atoms with E-state index in [0.717, 1.165) is 16.7 Å². The zero-order valence-corrected chi connectivity index (χ0v) is 8.44. The molecule has 0 aliphatic heterocycles. The van der Waals surface area contributed by atoms with Gasteiger partial charge in [0.05, 0.1) is 18.7 Å². The minimum atomic E-state index is 0.421.